The monoisotopic (exact) mass is 338 g/mol. The summed E-state index contributed by atoms with van der Waals surface area (Å²) in [6.45, 7) is 3.51. The summed E-state index contributed by atoms with van der Waals surface area (Å²) in [6.07, 6.45) is 3.97. The molecule has 0 aliphatic heterocycles. The Labute approximate surface area is 143 Å². The van der Waals surface area contributed by atoms with Crippen molar-refractivity contribution in [1.82, 2.24) is 24.5 Å². The third-order valence-electron chi connectivity index (χ3n) is 3.86. The van der Waals surface area contributed by atoms with Crippen molar-refractivity contribution in [2.24, 2.45) is 7.05 Å². The Kier molecular flexibility index (Phi) is 3.78. The third-order valence-corrected chi connectivity index (χ3v) is 4.97. The van der Waals surface area contributed by atoms with Gasteiger partial charge in [-0.15, -0.1) is 0 Å². The van der Waals surface area contributed by atoms with Crippen molar-refractivity contribution >= 4 is 26.8 Å². The molecule has 3 aromatic heterocycles. The molecule has 0 bridgehead atoms. The molecule has 0 spiro atoms. The van der Waals surface area contributed by atoms with Crippen molar-refractivity contribution in [3.63, 3.8) is 0 Å². The average molecular weight is 338 g/mol. The Balaban J connectivity index is 1.43. The van der Waals surface area contributed by atoms with Gasteiger partial charge in [-0.05, 0) is 12.5 Å². The zero-order valence-electron chi connectivity index (χ0n) is 13.6. The van der Waals surface area contributed by atoms with Gasteiger partial charge in [0.15, 0.2) is 10.8 Å². The van der Waals surface area contributed by atoms with Crippen LogP contribution in [0.2, 0.25) is 0 Å². The Bertz CT molecular complexity index is 931. The van der Waals surface area contributed by atoms with E-state index in [4.69, 9.17) is 0 Å². The largest absolute Gasteiger partial charge is 0.357 e. The van der Waals surface area contributed by atoms with E-state index in [0.29, 0.717) is 6.54 Å². The number of anilines is 1. The van der Waals surface area contributed by atoms with E-state index in [0.717, 1.165) is 33.3 Å². The van der Waals surface area contributed by atoms with Crippen molar-refractivity contribution < 1.29 is 0 Å². The summed E-state index contributed by atoms with van der Waals surface area (Å²) in [6, 6.07) is 10.3. The predicted molar refractivity (Wildman–Crippen MR) is 96.2 cm³/mol. The molecule has 7 heteroatoms. The first-order valence-electron chi connectivity index (χ1n) is 7.78. The van der Waals surface area contributed by atoms with E-state index >= 15 is 0 Å². The Hall–Kier alpha value is -2.67. The molecule has 0 aliphatic carbocycles. The van der Waals surface area contributed by atoms with E-state index < -0.39 is 0 Å². The van der Waals surface area contributed by atoms with E-state index in [9.17, 15) is 0 Å². The minimum Gasteiger partial charge on any atom is -0.357 e. The number of fused-ring (bicyclic) bond motifs is 1. The molecule has 24 heavy (non-hydrogen) atoms. The fourth-order valence-electron chi connectivity index (χ4n) is 2.69. The van der Waals surface area contributed by atoms with Crippen LogP contribution in [0, 0.1) is 6.92 Å². The summed E-state index contributed by atoms with van der Waals surface area (Å²) in [5.74, 6) is 0. The first-order valence-corrected chi connectivity index (χ1v) is 8.60. The van der Waals surface area contributed by atoms with E-state index in [2.05, 4.69) is 38.8 Å². The topological polar surface area (TPSA) is 60.6 Å². The number of nitrogens with zero attached hydrogens (tertiary/aromatic N) is 5. The zero-order valence-corrected chi connectivity index (χ0v) is 14.4. The molecule has 0 amide bonds. The lowest BCUT2D eigenvalue weighted by Crippen LogP contribution is -2.00. The summed E-state index contributed by atoms with van der Waals surface area (Å²) in [4.78, 5) is 4.60. The van der Waals surface area contributed by atoms with E-state index in [1.54, 1.807) is 11.3 Å². The van der Waals surface area contributed by atoms with Gasteiger partial charge in [-0.1, -0.05) is 41.7 Å². The van der Waals surface area contributed by atoms with Gasteiger partial charge in [-0.25, -0.2) is 9.67 Å². The number of aryl methyl sites for hydroxylation is 2. The molecule has 0 saturated carbocycles. The first-order chi connectivity index (χ1) is 11.7. The van der Waals surface area contributed by atoms with E-state index in [1.807, 2.05) is 47.7 Å². The van der Waals surface area contributed by atoms with Crippen LogP contribution in [0.5, 0.6) is 0 Å². The van der Waals surface area contributed by atoms with Gasteiger partial charge in [0.2, 0.25) is 0 Å². The van der Waals surface area contributed by atoms with E-state index in [1.165, 1.54) is 5.56 Å². The van der Waals surface area contributed by atoms with Crippen LogP contribution in [-0.2, 0) is 20.1 Å². The molecule has 3 heterocycles. The second kappa shape index (κ2) is 6.09. The van der Waals surface area contributed by atoms with Gasteiger partial charge >= 0.3 is 0 Å². The number of thiazole rings is 1. The minimum absolute atomic E-state index is 0.709. The predicted octanol–water partition coefficient (Wildman–Crippen LogP) is 3.20. The number of aromatic nitrogens is 5. The molecule has 1 N–H and O–H groups in total. The fourth-order valence-corrected chi connectivity index (χ4v) is 3.62. The van der Waals surface area contributed by atoms with Crippen LogP contribution in [0.25, 0.3) is 10.3 Å². The van der Waals surface area contributed by atoms with Gasteiger partial charge in [0.1, 0.15) is 0 Å². The summed E-state index contributed by atoms with van der Waals surface area (Å²) < 4.78 is 4.92. The lowest BCUT2D eigenvalue weighted by molar-refractivity contribution is 0.686. The SMILES string of the molecule is Cc1nn(C)c2nc(NCc3cnn(Cc4ccccc4)c3)sc12. The van der Waals surface area contributed by atoms with Crippen LogP contribution >= 0.6 is 11.3 Å². The summed E-state index contributed by atoms with van der Waals surface area (Å²) in [7, 11) is 1.92. The highest BCUT2D eigenvalue weighted by atomic mass is 32.1. The highest BCUT2D eigenvalue weighted by molar-refractivity contribution is 7.22. The first kappa shape index (κ1) is 14.9. The standard InChI is InChI=1S/C17H18N6S/c1-12-15-16(22(2)21-12)20-17(24-15)18-8-14-9-19-23(11-14)10-13-6-4-3-5-7-13/h3-7,9,11H,8,10H2,1-2H3,(H,18,20). The summed E-state index contributed by atoms with van der Waals surface area (Å²) in [5.41, 5.74) is 4.34. The van der Waals surface area contributed by atoms with Crippen LogP contribution in [0.3, 0.4) is 0 Å². The van der Waals surface area contributed by atoms with Gasteiger partial charge in [0.05, 0.1) is 23.1 Å². The van der Waals surface area contributed by atoms with Crippen LogP contribution in [0.15, 0.2) is 42.7 Å². The lowest BCUT2D eigenvalue weighted by Gasteiger charge is -2.01. The molecule has 0 fully saturated rings. The van der Waals surface area contributed by atoms with Crippen molar-refractivity contribution in [2.75, 3.05) is 5.32 Å². The zero-order chi connectivity index (χ0) is 16.5. The second-order valence-electron chi connectivity index (χ2n) is 5.77. The smallest absolute Gasteiger partial charge is 0.185 e. The quantitative estimate of drug-likeness (QED) is 0.607. The van der Waals surface area contributed by atoms with Gasteiger partial charge in [0.25, 0.3) is 0 Å². The molecule has 1 aromatic carbocycles. The molecular formula is C17H18N6S. The number of nitrogens with one attached hydrogen (secondary N) is 1. The van der Waals surface area contributed by atoms with Crippen LogP contribution < -0.4 is 5.32 Å². The summed E-state index contributed by atoms with van der Waals surface area (Å²) >= 11 is 1.64. The minimum atomic E-state index is 0.709. The Morgan fingerprint density at radius 3 is 2.79 bits per heavy atom. The summed E-state index contributed by atoms with van der Waals surface area (Å²) in [5, 5.41) is 13.1. The molecule has 0 unspecified atom stereocenters. The molecule has 0 atom stereocenters. The van der Waals surface area contributed by atoms with Gasteiger partial charge < -0.3 is 5.32 Å². The highest BCUT2D eigenvalue weighted by Gasteiger charge is 2.11. The van der Waals surface area contributed by atoms with Gasteiger partial charge in [0, 0.05) is 25.4 Å². The third kappa shape index (κ3) is 2.90. The van der Waals surface area contributed by atoms with Crippen molar-refractivity contribution in [2.45, 2.75) is 20.0 Å². The van der Waals surface area contributed by atoms with Gasteiger partial charge in [-0.3, -0.25) is 4.68 Å². The Morgan fingerprint density at radius 1 is 1.17 bits per heavy atom. The molecule has 0 saturated heterocycles. The van der Waals surface area contributed by atoms with Crippen molar-refractivity contribution in [3.8, 4) is 0 Å². The number of benzene rings is 1. The maximum absolute atomic E-state index is 4.60. The Morgan fingerprint density at radius 2 is 2.00 bits per heavy atom. The molecule has 6 nitrogen and oxygen atoms in total. The van der Waals surface area contributed by atoms with Crippen LogP contribution in [0.4, 0.5) is 5.13 Å². The molecule has 4 aromatic rings. The maximum Gasteiger partial charge on any atom is 0.185 e. The van der Waals surface area contributed by atoms with Crippen LogP contribution in [-0.4, -0.2) is 24.5 Å². The fraction of sp³-hybridized carbons (Fsp3) is 0.235. The number of rotatable bonds is 5. The highest BCUT2D eigenvalue weighted by Crippen LogP contribution is 2.28. The second-order valence-corrected chi connectivity index (χ2v) is 6.77. The van der Waals surface area contributed by atoms with Crippen molar-refractivity contribution in [3.05, 3.63) is 59.5 Å². The molecule has 122 valence electrons. The van der Waals surface area contributed by atoms with Crippen LogP contribution in [0.1, 0.15) is 16.8 Å². The van der Waals surface area contributed by atoms with E-state index in [-0.39, 0.29) is 0 Å². The molecule has 0 aliphatic rings. The lowest BCUT2D eigenvalue weighted by atomic mass is 10.2. The normalized spacial score (nSPS) is 11.2. The molecule has 0 radical (unpaired) electrons. The maximum atomic E-state index is 4.60. The number of hydrogen-bond donors (Lipinski definition) is 1. The molecule has 4 rings (SSSR count). The number of hydrogen-bond acceptors (Lipinski definition) is 5. The average Bonchev–Trinajstić information content (AvgIpc) is 3.25. The van der Waals surface area contributed by atoms with Crippen molar-refractivity contribution in [1.29, 1.82) is 0 Å². The molecular weight excluding hydrogens is 320 g/mol. The van der Waals surface area contributed by atoms with Gasteiger partial charge in [-0.2, -0.15) is 10.2 Å².